The van der Waals surface area contributed by atoms with E-state index in [0.29, 0.717) is 6.42 Å². The third-order valence-electron chi connectivity index (χ3n) is 3.43. The number of rotatable bonds is 5. The van der Waals surface area contributed by atoms with E-state index in [4.69, 9.17) is 0 Å². The van der Waals surface area contributed by atoms with Gasteiger partial charge in [-0.05, 0) is 44.5 Å². The number of hydrogen-bond donors (Lipinski definition) is 1. The quantitative estimate of drug-likeness (QED) is 0.848. The Morgan fingerprint density at radius 1 is 1.24 bits per heavy atom. The fourth-order valence-electron chi connectivity index (χ4n) is 2.44. The van der Waals surface area contributed by atoms with Gasteiger partial charge < -0.3 is 10.0 Å². The van der Waals surface area contributed by atoms with Crippen molar-refractivity contribution < 1.29 is 9.90 Å². The molecule has 2 rings (SSSR count). The van der Waals surface area contributed by atoms with Crippen LogP contribution in [0.1, 0.15) is 30.7 Å². The van der Waals surface area contributed by atoms with Crippen LogP contribution in [0.4, 0.5) is 0 Å². The van der Waals surface area contributed by atoms with Gasteiger partial charge in [-0.15, -0.1) is 0 Å². The van der Waals surface area contributed by atoms with E-state index in [2.05, 4.69) is 4.90 Å². The van der Waals surface area contributed by atoms with E-state index < -0.39 is 5.97 Å². The summed E-state index contributed by atoms with van der Waals surface area (Å²) in [5, 5.41) is 9.28. The van der Waals surface area contributed by atoms with E-state index in [-0.39, 0.29) is 5.92 Å². The summed E-state index contributed by atoms with van der Waals surface area (Å²) in [4.78, 5) is 13.6. The van der Waals surface area contributed by atoms with Crippen molar-refractivity contribution in [3.8, 4) is 0 Å². The lowest BCUT2D eigenvalue weighted by molar-refractivity contribution is -0.139. The van der Waals surface area contributed by atoms with Gasteiger partial charge in [0.25, 0.3) is 0 Å². The highest BCUT2D eigenvalue weighted by Gasteiger charge is 2.21. The molecule has 3 nitrogen and oxygen atoms in total. The molecule has 0 unspecified atom stereocenters. The first-order valence-corrected chi connectivity index (χ1v) is 6.27. The van der Waals surface area contributed by atoms with Gasteiger partial charge in [-0.3, -0.25) is 4.79 Å². The SMILES string of the molecule is O=C(O)[C@H](CCN1CCCC1)c1ccccc1. The Kier molecular flexibility index (Phi) is 4.15. The van der Waals surface area contributed by atoms with E-state index in [9.17, 15) is 9.90 Å². The molecule has 1 aliphatic rings. The summed E-state index contributed by atoms with van der Waals surface area (Å²) in [6.07, 6.45) is 3.21. The van der Waals surface area contributed by atoms with E-state index in [1.807, 2.05) is 30.3 Å². The van der Waals surface area contributed by atoms with Gasteiger partial charge >= 0.3 is 5.97 Å². The van der Waals surface area contributed by atoms with E-state index in [1.54, 1.807) is 0 Å². The molecular formula is C14H19NO2. The summed E-state index contributed by atoms with van der Waals surface area (Å²) in [5.41, 5.74) is 0.916. The summed E-state index contributed by atoms with van der Waals surface area (Å²) >= 11 is 0. The number of aliphatic carboxylic acids is 1. The predicted molar refractivity (Wildman–Crippen MR) is 67.1 cm³/mol. The van der Waals surface area contributed by atoms with Crippen molar-refractivity contribution in [2.45, 2.75) is 25.2 Å². The van der Waals surface area contributed by atoms with Crippen LogP contribution in [0, 0.1) is 0 Å². The van der Waals surface area contributed by atoms with E-state index >= 15 is 0 Å². The lowest BCUT2D eigenvalue weighted by atomic mass is 9.96. The minimum absolute atomic E-state index is 0.364. The monoisotopic (exact) mass is 233 g/mol. The third kappa shape index (κ3) is 3.30. The molecule has 1 fully saturated rings. The van der Waals surface area contributed by atoms with Crippen LogP contribution in [-0.2, 0) is 4.79 Å². The van der Waals surface area contributed by atoms with Gasteiger partial charge in [0.2, 0.25) is 0 Å². The minimum atomic E-state index is -0.713. The van der Waals surface area contributed by atoms with Crippen LogP contribution < -0.4 is 0 Å². The van der Waals surface area contributed by atoms with Crippen molar-refractivity contribution in [1.29, 1.82) is 0 Å². The molecule has 1 aromatic rings. The van der Waals surface area contributed by atoms with Crippen molar-refractivity contribution in [3.63, 3.8) is 0 Å². The number of nitrogens with zero attached hydrogens (tertiary/aromatic N) is 1. The fourth-order valence-corrected chi connectivity index (χ4v) is 2.44. The maximum absolute atomic E-state index is 11.3. The second-order valence-corrected chi connectivity index (χ2v) is 4.64. The second kappa shape index (κ2) is 5.82. The van der Waals surface area contributed by atoms with Crippen LogP contribution in [0.2, 0.25) is 0 Å². The molecule has 3 heteroatoms. The molecule has 0 aliphatic carbocycles. The highest BCUT2D eigenvalue weighted by Crippen LogP contribution is 2.21. The third-order valence-corrected chi connectivity index (χ3v) is 3.43. The molecule has 92 valence electrons. The Hall–Kier alpha value is -1.35. The number of hydrogen-bond acceptors (Lipinski definition) is 2. The first-order valence-electron chi connectivity index (χ1n) is 6.27. The van der Waals surface area contributed by atoms with Crippen molar-refractivity contribution in [2.24, 2.45) is 0 Å². The van der Waals surface area contributed by atoms with Crippen LogP contribution in [0.15, 0.2) is 30.3 Å². The summed E-state index contributed by atoms with van der Waals surface area (Å²) in [6, 6.07) is 9.54. The Balaban J connectivity index is 1.95. The molecule has 0 spiro atoms. The molecule has 0 aromatic heterocycles. The first-order chi connectivity index (χ1) is 8.27. The zero-order chi connectivity index (χ0) is 12.1. The maximum atomic E-state index is 11.3. The highest BCUT2D eigenvalue weighted by atomic mass is 16.4. The van der Waals surface area contributed by atoms with Gasteiger partial charge in [0, 0.05) is 0 Å². The molecule has 1 aliphatic heterocycles. The molecule has 0 amide bonds. The van der Waals surface area contributed by atoms with Crippen molar-refractivity contribution in [3.05, 3.63) is 35.9 Å². The number of carbonyl (C=O) groups is 1. The number of carboxylic acids is 1. The van der Waals surface area contributed by atoms with E-state index in [1.165, 1.54) is 12.8 Å². The lowest BCUT2D eigenvalue weighted by Crippen LogP contribution is -2.24. The Bertz CT molecular complexity index is 358. The van der Waals surface area contributed by atoms with Crippen molar-refractivity contribution in [1.82, 2.24) is 4.90 Å². The van der Waals surface area contributed by atoms with Gasteiger partial charge in [-0.1, -0.05) is 30.3 Å². The molecule has 17 heavy (non-hydrogen) atoms. The normalized spacial score (nSPS) is 18.1. The Morgan fingerprint density at radius 3 is 2.47 bits per heavy atom. The Labute approximate surface area is 102 Å². The molecule has 0 radical (unpaired) electrons. The maximum Gasteiger partial charge on any atom is 0.311 e. The average Bonchev–Trinajstić information content (AvgIpc) is 2.83. The number of benzene rings is 1. The van der Waals surface area contributed by atoms with Crippen molar-refractivity contribution in [2.75, 3.05) is 19.6 Å². The number of carboxylic acid groups (broad SMARTS) is 1. The van der Waals surface area contributed by atoms with Gasteiger partial charge in [-0.2, -0.15) is 0 Å². The molecular weight excluding hydrogens is 214 g/mol. The summed E-state index contributed by atoms with van der Waals surface area (Å²) in [5.74, 6) is -1.08. The molecule has 1 N–H and O–H groups in total. The molecule has 1 aromatic carbocycles. The summed E-state index contributed by atoms with van der Waals surface area (Å²) in [6.45, 7) is 3.15. The van der Waals surface area contributed by atoms with Gasteiger partial charge in [-0.25, -0.2) is 0 Å². The topological polar surface area (TPSA) is 40.5 Å². The Morgan fingerprint density at radius 2 is 1.88 bits per heavy atom. The predicted octanol–water partition coefficient (Wildman–Crippen LogP) is 2.34. The summed E-state index contributed by atoms with van der Waals surface area (Å²) < 4.78 is 0. The van der Waals surface area contributed by atoms with Gasteiger partial charge in [0.05, 0.1) is 5.92 Å². The van der Waals surface area contributed by atoms with Crippen LogP contribution in [0.5, 0.6) is 0 Å². The fraction of sp³-hybridized carbons (Fsp3) is 0.500. The highest BCUT2D eigenvalue weighted by molar-refractivity contribution is 5.76. The molecule has 1 heterocycles. The van der Waals surface area contributed by atoms with Crippen molar-refractivity contribution >= 4 is 5.97 Å². The zero-order valence-electron chi connectivity index (χ0n) is 10.0. The smallest absolute Gasteiger partial charge is 0.311 e. The minimum Gasteiger partial charge on any atom is -0.481 e. The largest absolute Gasteiger partial charge is 0.481 e. The second-order valence-electron chi connectivity index (χ2n) is 4.64. The average molecular weight is 233 g/mol. The van der Waals surface area contributed by atoms with Crippen LogP contribution in [-0.4, -0.2) is 35.6 Å². The molecule has 1 saturated heterocycles. The molecule has 1 atom stereocenters. The van der Waals surface area contributed by atoms with Crippen LogP contribution >= 0.6 is 0 Å². The summed E-state index contributed by atoms with van der Waals surface area (Å²) in [7, 11) is 0. The standard InChI is InChI=1S/C14H19NO2/c16-14(17)13(12-6-2-1-3-7-12)8-11-15-9-4-5-10-15/h1-3,6-7,13H,4-5,8-11H2,(H,16,17)/t13-/m1/s1. The molecule has 0 bridgehead atoms. The van der Waals surface area contributed by atoms with Crippen LogP contribution in [0.25, 0.3) is 0 Å². The first kappa shape index (κ1) is 12.1. The van der Waals surface area contributed by atoms with Crippen LogP contribution in [0.3, 0.4) is 0 Å². The number of likely N-dealkylation sites (tertiary alicyclic amines) is 1. The molecule has 0 saturated carbocycles. The van der Waals surface area contributed by atoms with E-state index in [0.717, 1.165) is 25.2 Å². The van der Waals surface area contributed by atoms with Gasteiger partial charge in [0.15, 0.2) is 0 Å². The zero-order valence-corrected chi connectivity index (χ0v) is 10.0. The lowest BCUT2D eigenvalue weighted by Gasteiger charge is -2.18. The van der Waals surface area contributed by atoms with Gasteiger partial charge in [0.1, 0.15) is 0 Å².